The monoisotopic (exact) mass is 1080 g/mol. The van der Waals surface area contributed by atoms with Gasteiger partial charge in [-0.25, -0.2) is 9.18 Å². The maximum atomic E-state index is 15.2. The first-order chi connectivity index (χ1) is 35.6. The summed E-state index contributed by atoms with van der Waals surface area (Å²) in [5, 5.41) is 61.9. The molecule has 19 atom stereocenters. The number of nitrogens with one attached hydrogen (secondary N) is 1. The van der Waals surface area contributed by atoms with E-state index in [4.69, 9.17) is 37.9 Å². The minimum absolute atomic E-state index is 0.00221. The number of anilines is 2. The maximum absolute atomic E-state index is 15.2. The number of esters is 1. The molecule has 0 unspecified atom stereocenters. The summed E-state index contributed by atoms with van der Waals surface area (Å²) in [5.74, 6) is -6.43. The van der Waals surface area contributed by atoms with Crippen molar-refractivity contribution in [1.29, 1.82) is 0 Å². The fourth-order valence-electron chi connectivity index (χ4n) is 11.6. The third-order valence-corrected chi connectivity index (χ3v) is 16.4. The van der Waals surface area contributed by atoms with Gasteiger partial charge in [0, 0.05) is 63.0 Å². The number of benzene rings is 1. The summed E-state index contributed by atoms with van der Waals surface area (Å²) in [7, 11) is 3.21. The third-order valence-electron chi connectivity index (χ3n) is 16.4. The number of hydrogen-bond donors (Lipinski definition) is 6. The zero-order chi connectivity index (χ0) is 56.2. The number of methoxy groups -OCH3 is 1. The Balaban J connectivity index is 1.17. The van der Waals surface area contributed by atoms with Gasteiger partial charge in [-0.3, -0.25) is 24.2 Å². The number of cyclic esters (lactones) is 2. The van der Waals surface area contributed by atoms with Crippen LogP contribution >= 0.6 is 0 Å². The molecule has 0 spiro atoms. The molecule has 430 valence electrons. The van der Waals surface area contributed by atoms with E-state index >= 15 is 4.39 Å². The molecule has 6 N–H and O–H groups in total. The van der Waals surface area contributed by atoms with Gasteiger partial charge in [0.15, 0.2) is 12.6 Å². The number of ether oxygens (including phenoxy) is 8. The number of aliphatic hydroxyl groups excluding tert-OH is 3. The Morgan fingerprint density at radius 3 is 2.28 bits per heavy atom. The van der Waals surface area contributed by atoms with Crippen LogP contribution in [0.2, 0.25) is 0 Å². The number of ketones is 1. The molecule has 5 saturated heterocycles. The molecule has 22 heteroatoms. The van der Waals surface area contributed by atoms with Crippen molar-refractivity contribution in [3.05, 3.63) is 36.2 Å². The van der Waals surface area contributed by atoms with Crippen LogP contribution < -0.4 is 15.1 Å². The van der Waals surface area contributed by atoms with Crippen molar-refractivity contribution in [2.24, 2.45) is 23.7 Å². The molecule has 5 aliphatic heterocycles. The number of likely N-dealkylation sites (N-methyl/N-ethyl adjacent to an activating group) is 1. The van der Waals surface area contributed by atoms with Gasteiger partial charge in [-0.15, -0.1) is 0 Å². The highest BCUT2D eigenvalue weighted by Crippen LogP contribution is 2.41. The number of carbonyl (C=O) groups excluding carboxylic acids is 4. The van der Waals surface area contributed by atoms with E-state index in [0.29, 0.717) is 44.1 Å². The average Bonchev–Trinajstić information content (AvgIpc) is 3.76. The number of nitrogens with zero attached hydrogens (tertiary/aromatic N) is 3. The zero-order valence-corrected chi connectivity index (χ0v) is 46.3. The van der Waals surface area contributed by atoms with Crippen LogP contribution in [0.25, 0.3) is 0 Å². The summed E-state index contributed by atoms with van der Waals surface area (Å²) < 4.78 is 63.6. The first-order valence-corrected chi connectivity index (χ1v) is 26.8. The maximum Gasteiger partial charge on any atom is 0.414 e. The quantitative estimate of drug-likeness (QED) is 0.116. The van der Waals surface area contributed by atoms with E-state index in [1.807, 2.05) is 9.80 Å². The van der Waals surface area contributed by atoms with Crippen LogP contribution in [-0.4, -0.2) is 205 Å². The van der Waals surface area contributed by atoms with Crippen LogP contribution in [0.3, 0.4) is 0 Å². The van der Waals surface area contributed by atoms with E-state index in [-0.39, 0.29) is 38.9 Å². The van der Waals surface area contributed by atoms with Gasteiger partial charge in [-0.1, -0.05) is 33.8 Å². The molecule has 1 aromatic carbocycles. The summed E-state index contributed by atoms with van der Waals surface area (Å²) in [6, 6.07) is 3.96. The van der Waals surface area contributed by atoms with Gasteiger partial charge in [0.2, 0.25) is 5.91 Å². The first kappa shape index (κ1) is 61.3. The summed E-state index contributed by atoms with van der Waals surface area (Å²) in [6.07, 6.45) is -9.79. The molecule has 1 aromatic rings. The Hall–Kier alpha value is -3.91. The Bertz CT molecular complexity index is 2180. The molecule has 6 rings (SSSR count). The molecule has 0 saturated carbocycles. The van der Waals surface area contributed by atoms with Gasteiger partial charge in [-0.05, 0) is 86.1 Å². The van der Waals surface area contributed by atoms with Crippen molar-refractivity contribution in [1.82, 2.24) is 10.2 Å². The van der Waals surface area contributed by atoms with Crippen LogP contribution in [0.15, 0.2) is 30.4 Å². The first-order valence-electron chi connectivity index (χ1n) is 26.8. The topological polar surface area (TPSA) is 265 Å². The highest BCUT2D eigenvalue weighted by Gasteiger charge is 2.54. The minimum atomic E-state index is -2.06. The Kier molecular flexibility index (Phi) is 20.5. The predicted octanol–water partition coefficient (Wildman–Crippen LogP) is 2.83. The number of morpholine rings is 1. The molecule has 0 bridgehead atoms. The van der Waals surface area contributed by atoms with Crippen LogP contribution in [0.5, 0.6) is 0 Å². The van der Waals surface area contributed by atoms with Gasteiger partial charge in [0.05, 0.1) is 85.3 Å². The highest BCUT2D eigenvalue weighted by molar-refractivity contribution is 5.90. The molecule has 5 fully saturated rings. The van der Waals surface area contributed by atoms with E-state index in [1.54, 1.807) is 73.7 Å². The smallest absolute Gasteiger partial charge is 0.414 e. The third kappa shape index (κ3) is 13.9. The Morgan fingerprint density at radius 1 is 0.947 bits per heavy atom. The van der Waals surface area contributed by atoms with Crippen LogP contribution in [0.1, 0.15) is 94.9 Å². The molecule has 5 heterocycles. The number of hydrogen-bond acceptors (Lipinski definition) is 19. The highest BCUT2D eigenvalue weighted by atomic mass is 19.1. The molecule has 21 nitrogen and oxygen atoms in total. The van der Waals surface area contributed by atoms with Crippen molar-refractivity contribution in [2.45, 2.75) is 185 Å². The van der Waals surface area contributed by atoms with Crippen LogP contribution in [-0.2, 0) is 52.3 Å². The fraction of sp³-hybridized carbons (Fsp3) is 0.778. The van der Waals surface area contributed by atoms with Gasteiger partial charge >= 0.3 is 12.1 Å². The van der Waals surface area contributed by atoms with Crippen LogP contribution in [0.4, 0.5) is 20.6 Å². The number of rotatable bonds is 14. The lowest BCUT2D eigenvalue weighted by Crippen LogP contribution is -2.61. The van der Waals surface area contributed by atoms with Crippen molar-refractivity contribution in [2.75, 3.05) is 69.9 Å². The minimum Gasteiger partial charge on any atom is -0.459 e. The standard InChI is InChI=1S/C54H85FN4O17/c1-13-40-54(10,68)46(63)31(4)43(61)29(2)25-52(8,67)48(32(5)45(33(6)49(65)74-40)75-42-26-53(9,69-12)47(64)34(7)72-42)76-50-44(62)39(23-30(3)71-50)57(11)18-14-15-41(60)56-27-36-28-59(51(66)73-36)35-16-17-38(37(55)24-35)58-19-21-70-22-20-58/h14-17,24,29-34,36,39-40,42,44-48,50,62-64,67-68H,13,18-23,25-28H2,1-12H3,(H,56,60)/t29-,30-,31+,32+,33-,34+,36+,39+,40-,42-,44-,45+,46-,47+,48-,50+,52-,53-,54-/m1/s1. The molecule has 2 amide bonds. The van der Waals surface area contributed by atoms with E-state index in [1.165, 1.54) is 44.9 Å². The largest absolute Gasteiger partial charge is 0.459 e. The number of amides is 2. The lowest BCUT2D eigenvalue weighted by molar-refractivity contribution is -0.318. The summed E-state index contributed by atoms with van der Waals surface area (Å²) in [6.45, 7) is 18.3. The molecule has 0 radical (unpaired) electrons. The lowest BCUT2D eigenvalue weighted by atomic mass is 9.74. The SMILES string of the molecule is CC[C@H]1OC(=O)[C@H](C)[C@@H](O[C@@H]2C[C@@](C)(OC)[C@@H](O)[C@H](C)O2)[C@H](C)[C@@H](O[C@@H]2O[C@H](C)C[C@H](N(C)CC=CC(=O)NC[C@H]3CN(c4ccc(N5CCOCC5)c(F)c4)C(=O)O3)[C@H]2O)[C@](C)(O)C[C@@H](C)C(=O)[C@H](C)[C@@H](O)[C@]1(C)O. The summed E-state index contributed by atoms with van der Waals surface area (Å²) >= 11 is 0. The summed E-state index contributed by atoms with van der Waals surface area (Å²) in [4.78, 5) is 59.3. The van der Waals surface area contributed by atoms with Gasteiger partial charge in [0.1, 0.15) is 41.6 Å². The average molecular weight is 1080 g/mol. The van der Waals surface area contributed by atoms with Gasteiger partial charge in [0.25, 0.3) is 0 Å². The normalized spacial score (nSPS) is 40.5. The van der Waals surface area contributed by atoms with Crippen molar-refractivity contribution in [3.63, 3.8) is 0 Å². The second-order valence-corrected chi connectivity index (χ2v) is 22.4. The fourth-order valence-corrected chi connectivity index (χ4v) is 11.6. The molecule has 76 heavy (non-hydrogen) atoms. The number of carbonyl (C=O) groups is 4. The van der Waals surface area contributed by atoms with Crippen molar-refractivity contribution in [3.8, 4) is 0 Å². The lowest BCUT2D eigenvalue weighted by Gasteiger charge is -2.49. The number of Topliss-reactive ketones (excluding diaryl/α,β-unsaturated/α-hetero) is 1. The number of aliphatic hydroxyl groups is 5. The second-order valence-electron chi connectivity index (χ2n) is 22.4. The molecule has 0 aliphatic carbocycles. The van der Waals surface area contributed by atoms with Crippen LogP contribution in [0, 0.1) is 29.5 Å². The van der Waals surface area contributed by atoms with E-state index < -0.39 is 144 Å². The van der Waals surface area contributed by atoms with Gasteiger partial charge < -0.3 is 73.6 Å². The Labute approximate surface area is 446 Å². The van der Waals surface area contributed by atoms with E-state index in [0.717, 1.165) is 0 Å². The molecular formula is C54H85FN4O17. The molecule has 0 aromatic heterocycles. The Morgan fingerprint density at radius 2 is 1.63 bits per heavy atom. The predicted molar refractivity (Wildman–Crippen MR) is 274 cm³/mol. The molecular weight excluding hydrogens is 996 g/mol. The van der Waals surface area contributed by atoms with Gasteiger partial charge in [-0.2, -0.15) is 0 Å². The van der Waals surface area contributed by atoms with E-state index in [2.05, 4.69) is 5.32 Å². The number of halogens is 1. The van der Waals surface area contributed by atoms with Crippen molar-refractivity contribution < 1.29 is 87.0 Å². The summed E-state index contributed by atoms with van der Waals surface area (Å²) in [5.41, 5.74) is -4.36. The second kappa shape index (κ2) is 25.5. The van der Waals surface area contributed by atoms with Crippen molar-refractivity contribution >= 4 is 35.1 Å². The zero-order valence-electron chi connectivity index (χ0n) is 46.3. The molecule has 5 aliphatic rings. The van der Waals surface area contributed by atoms with E-state index in [9.17, 15) is 44.7 Å².